The summed E-state index contributed by atoms with van der Waals surface area (Å²) in [5.41, 5.74) is 1.25. The first kappa shape index (κ1) is 18.2. The molecule has 1 saturated carbocycles. The Morgan fingerprint density at radius 2 is 1.92 bits per heavy atom. The fourth-order valence-electron chi connectivity index (χ4n) is 4.10. The molecule has 25 heavy (non-hydrogen) atoms. The highest BCUT2D eigenvalue weighted by molar-refractivity contribution is 6.31. The number of likely N-dealkylation sites (tertiary alicyclic amines) is 1. The minimum atomic E-state index is -0.463. The molecule has 1 aliphatic carbocycles. The van der Waals surface area contributed by atoms with Crippen molar-refractivity contribution in [3.63, 3.8) is 0 Å². The molecule has 1 aromatic rings. The van der Waals surface area contributed by atoms with Crippen LogP contribution < -0.4 is 5.32 Å². The standard InChI is InChI=1S/C19H25ClN2O3/c1-4-25-17(23)15-12-14(20)11-13(2)16(15)21-18(24)19(7-8-19)22(3)9-5-6-10-22/h11-12H,4-10H2,1-3H3/p+1. The van der Waals surface area contributed by atoms with Crippen LogP contribution in [0.3, 0.4) is 0 Å². The van der Waals surface area contributed by atoms with Gasteiger partial charge in [-0.25, -0.2) is 4.79 Å². The Morgan fingerprint density at radius 1 is 1.28 bits per heavy atom. The van der Waals surface area contributed by atoms with Gasteiger partial charge in [-0.1, -0.05) is 11.6 Å². The average molecular weight is 366 g/mol. The molecule has 3 rings (SSSR count). The second kappa shape index (κ2) is 6.61. The summed E-state index contributed by atoms with van der Waals surface area (Å²) >= 11 is 6.11. The van der Waals surface area contributed by atoms with E-state index in [0.29, 0.717) is 16.3 Å². The van der Waals surface area contributed by atoms with Crippen LogP contribution in [0.15, 0.2) is 12.1 Å². The monoisotopic (exact) mass is 365 g/mol. The van der Waals surface area contributed by atoms with Gasteiger partial charge >= 0.3 is 5.97 Å². The highest BCUT2D eigenvalue weighted by atomic mass is 35.5. The van der Waals surface area contributed by atoms with E-state index < -0.39 is 5.97 Å². The Balaban J connectivity index is 1.90. The molecule has 5 nitrogen and oxygen atoms in total. The van der Waals surface area contributed by atoms with Crippen molar-refractivity contribution >= 4 is 29.2 Å². The predicted octanol–water partition coefficient (Wildman–Crippen LogP) is 3.54. The number of quaternary nitrogens is 1. The van der Waals surface area contributed by atoms with E-state index in [4.69, 9.17) is 16.3 Å². The largest absolute Gasteiger partial charge is 0.462 e. The summed E-state index contributed by atoms with van der Waals surface area (Å²) in [7, 11) is 2.18. The smallest absolute Gasteiger partial charge is 0.340 e. The normalized spacial score (nSPS) is 20.2. The van der Waals surface area contributed by atoms with Gasteiger partial charge in [0, 0.05) is 30.7 Å². The summed E-state index contributed by atoms with van der Waals surface area (Å²) in [5, 5.41) is 3.49. The van der Waals surface area contributed by atoms with Crippen molar-refractivity contribution in [2.45, 2.75) is 45.1 Å². The van der Waals surface area contributed by atoms with Crippen LogP contribution in [-0.2, 0) is 9.53 Å². The number of rotatable bonds is 5. The predicted molar refractivity (Wildman–Crippen MR) is 97.9 cm³/mol. The van der Waals surface area contributed by atoms with Gasteiger partial charge in [-0.15, -0.1) is 0 Å². The molecular formula is C19H26ClN2O3+. The van der Waals surface area contributed by atoms with Crippen molar-refractivity contribution in [1.29, 1.82) is 0 Å². The number of hydrogen-bond acceptors (Lipinski definition) is 3. The SMILES string of the molecule is CCOC(=O)c1cc(Cl)cc(C)c1NC(=O)C1([N+]2(C)CCCC2)CC1. The lowest BCUT2D eigenvalue weighted by molar-refractivity contribution is -0.923. The molecule has 136 valence electrons. The number of benzene rings is 1. The zero-order chi connectivity index (χ0) is 18.2. The third kappa shape index (κ3) is 3.15. The number of anilines is 1. The Kier molecular flexibility index (Phi) is 4.82. The maximum Gasteiger partial charge on any atom is 0.340 e. The van der Waals surface area contributed by atoms with Crippen LogP contribution in [0.2, 0.25) is 5.02 Å². The second-order valence-electron chi connectivity index (χ2n) is 7.40. The lowest BCUT2D eigenvalue weighted by atomic mass is 10.1. The van der Waals surface area contributed by atoms with Crippen LogP contribution >= 0.6 is 11.6 Å². The Morgan fingerprint density at radius 3 is 2.48 bits per heavy atom. The lowest BCUT2D eigenvalue weighted by Crippen LogP contribution is -2.57. The molecule has 2 aliphatic rings. The number of carbonyl (C=O) groups is 2. The summed E-state index contributed by atoms with van der Waals surface area (Å²) < 4.78 is 5.93. The van der Waals surface area contributed by atoms with Crippen LogP contribution in [0.25, 0.3) is 0 Å². The maximum atomic E-state index is 13.1. The summed E-state index contributed by atoms with van der Waals surface area (Å²) in [6.07, 6.45) is 4.13. The minimum Gasteiger partial charge on any atom is -0.462 e. The van der Waals surface area contributed by atoms with Crippen LogP contribution in [0, 0.1) is 6.92 Å². The molecule has 0 radical (unpaired) electrons. The summed E-state index contributed by atoms with van der Waals surface area (Å²) in [6.45, 7) is 5.95. The molecule has 0 spiro atoms. The van der Waals surface area contributed by atoms with Crippen molar-refractivity contribution in [2.75, 3.05) is 32.1 Å². The van der Waals surface area contributed by atoms with E-state index in [1.807, 2.05) is 6.92 Å². The molecule has 1 N–H and O–H groups in total. The molecule has 0 bridgehead atoms. The van der Waals surface area contributed by atoms with Crippen molar-refractivity contribution in [2.24, 2.45) is 0 Å². The summed E-state index contributed by atoms with van der Waals surface area (Å²) in [6, 6.07) is 3.32. The average Bonchev–Trinajstić information content (AvgIpc) is 3.27. The highest BCUT2D eigenvalue weighted by Crippen LogP contribution is 2.49. The molecule has 1 saturated heterocycles. The maximum absolute atomic E-state index is 13.1. The van der Waals surface area contributed by atoms with Crippen LogP contribution in [0.4, 0.5) is 5.69 Å². The van der Waals surface area contributed by atoms with E-state index in [9.17, 15) is 9.59 Å². The zero-order valence-electron chi connectivity index (χ0n) is 15.2. The number of hydrogen-bond donors (Lipinski definition) is 1. The molecule has 2 fully saturated rings. The number of nitrogens with one attached hydrogen (secondary N) is 1. The molecule has 1 aliphatic heterocycles. The molecular weight excluding hydrogens is 340 g/mol. The van der Waals surface area contributed by atoms with Crippen molar-refractivity contribution in [3.05, 3.63) is 28.3 Å². The number of esters is 1. The van der Waals surface area contributed by atoms with Gasteiger partial charge in [0.05, 0.1) is 38.0 Å². The zero-order valence-corrected chi connectivity index (χ0v) is 15.9. The van der Waals surface area contributed by atoms with Crippen molar-refractivity contribution in [3.8, 4) is 0 Å². The van der Waals surface area contributed by atoms with Crippen LogP contribution in [-0.4, -0.2) is 48.6 Å². The van der Waals surface area contributed by atoms with Gasteiger partial charge in [0.25, 0.3) is 5.91 Å². The Labute approximate surface area is 153 Å². The lowest BCUT2D eigenvalue weighted by Gasteiger charge is -2.37. The number of aryl methyl sites for hydroxylation is 1. The Hall–Kier alpha value is -1.59. The van der Waals surface area contributed by atoms with E-state index in [-0.39, 0.29) is 18.1 Å². The third-order valence-electron chi connectivity index (χ3n) is 5.77. The van der Waals surface area contributed by atoms with E-state index in [2.05, 4.69) is 12.4 Å². The highest BCUT2D eigenvalue weighted by Gasteiger charge is 2.64. The number of amides is 1. The van der Waals surface area contributed by atoms with Gasteiger partial charge in [0.15, 0.2) is 5.54 Å². The number of nitrogens with zero attached hydrogens (tertiary/aromatic N) is 1. The minimum absolute atomic E-state index is 0.00729. The quantitative estimate of drug-likeness (QED) is 0.641. The van der Waals surface area contributed by atoms with Crippen LogP contribution in [0.1, 0.15) is 48.5 Å². The fraction of sp³-hybridized carbons (Fsp3) is 0.579. The first-order chi connectivity index (χ1) is 11.8. The Bertz CT molecular complexity index is 707. The van der Waals surface area contributed by atoms with Gasteiger partial charge in [0.1, 0.15) is 0 Å². The molecule has 0 aromatic heterocycles. The molecule has 1 aromatic carbocycles. The third-order valence-corrected chi connectivity index (χ3v) is 5.99. The van der Waals surface area contributed by atoms with Gasteiger partial charge in [0.2, 0.25) is 0 Å². The second-order valence-corrected chi connectivity index (χ2v) is 7.84. The first-order valence-electron chi connectivity index (χ1n) is 8.96. The number of likely N-dealkylation sites (N-methyl/N-ethyl adjacent to an activating group) is 1. The molecule has 0 unspecified atom stereocenters. The molecule has 6 heteroatoms. The van der Waals surface area contributed by atoms with E-state index in [1.54, 1.807) is 19.1 Å². The molecule has 1 amide bonds. The van der Waals surface area contributed by atoms with Gasteiger partial charge < -0.3 is 14.5 Å². The number of halogens is 1. The number of ether oxygens (including phenoxy) is 1. The number of carbonyl (C=O) groups excluding carboxylic acids is 2. The van der Waals surface area contributed by atoms with Crippen molar-refractivity contribution in [1.82, 2.24) is 0 Å². The van der Waals surface area contributed by atoms with Gasteiger partial charge in [-0.2, -0.15) is 0 Å². The topological polar surface area (TPSA) is 55.4 Å². The first-order valence-corrected chi connectivity index (χ1v) is 9.34. The van der Waals surface area contributed by atoms with Gasteiger partial charge in [-0.05, 0) is 31.5 Å². The summed E-state index contributed by atoms with van der Waals surface area (Å²) in [4.78, 5) is 25.4. The summed E-state index contributed by atoms with van der Waals surface area (Å²) in [5.74, 6) is -0.456. The van der Waals surface area contributed by atoms with Gasteiger partial charge in [-0.3, -0.25) is 4.79 Å². The van der Waals surface area contributed by atoms with E-state index in [1.165, 1.54) is 12.8 Å². The van der Waals surface area contributed by atoms with Crippen LogP contribution in [0.5, 0.6) is 0 Å². The van der Waals surface area contributed by atoms with Crippen molar-refractivity contribution < 1.29 is 18.8 Å². The van der Waals surface area contributed by atoms with E-state index >= 15 is 0 Å². The molecule has 0 atom stereocenters. The fourth-order valence-corrected chi connectivity index (χ4v) is 4.37. The molecule has 1 heterocycles. The van der Waals surface area contributed by atoms with E-state index in [0.717, 1.165) is 36.0 Å².